The van der Waals surface area contributed by atoms with E-state index in [1.54, 1.807) is 41.8 Å². The highest BCUT2D eigenvalue weighted by Gasteiger charge is 2.36. The molecular weight excluding hydrogens is 450 g/mol. The van der Waals surface area contributed by atoms with Gasteiger partial charge in [0.2, 0.25) is 15.7 Å². The summed E-state index contributed by atoms with van der Waals surface area (Å²) < 4.78 is 43.0. The van der Waals surface area contributed by atoms with Crippen LogP contribution in [0.1, 0.15) is 28.3 Å². The largest absolute Gasteiger partial charge is 0.496 e. The molecule has 3 aromatic rings. The summed E-state index contributed by atoms with van der Waals surface area (Å²) >= 11 is 1.30. The van der Waals surface area contributed by atoms with E-state index in [4.69, 9.17) is 14.2 Å². The summed E-state index contributed by atoms with van der Waals surface area (Å²) in [4.78, 5) is 13.7. The Bertz CT molecular complexity index is 1280. The van der Waals surface area contributed by atoms with Crippen LogP contribution in [0.2, 0.25) is 0 Å². The number of hydrogen-bond acceptors (Lipinski definition) is 7. The van der Waals surface area contributed by atoms with Crippen LogP contribution in [-0.4, -0.2) is 35.7 Å². The molecule has 0 aliphatic carbocycles. The van der Waals surface area contributed by atoms with Crippen molar-refractivity contribution < 1.29 is 27.4 Å². The minimum Gasteiger partial charge on any atom is -0.496 e. The van der Waals surface area contributed by atoms with Gasteiger partial charge in [-0.3, -0.25) is 4.79 Å². The molecule has 0 unspecified atom stereocenters. The van der Waals surface area contributed by atoms with Gasteiger partial charge in [-0.2, -0.15) is 0 Å². The van der Waals surface area contributed by atoms with E-state index in [-0.39, 0.29) is 28.0 Å². The third kappa shape index (κ3) is 3.71. The zero-order chi connectivity index (χ0) is 23.0. The molecule has 1 aliphatic rings. The third-order valence-corrected chi connectivity index (χ3v) is 8.53. The standard InChI is InChI=1S/C23H23NO6S2/c1-13-5-7-14(8-6-13)32(26,27)20-12-31-23-16(10-21(25)24-22(20)23)15-9-18(29-3)19(30-4)11-17(15)28-2/h5-9,11-12,16H,10H2,1-4H3,(H,24,25)/t16-/m1/s1. The molecular formula is C23H23NO6S2. The number of hydrogen-bond donors (Lipinski definition) is 1. The van der Waals surface area contributed by atoms with Gasteiger partial charge in [-0.05, 0) is 25.1 Å². The number of ether oxygens (including phenoxy) is 3. The van der Waals surface area contributed by atoms with Crippen LogP contribution in [0.15, 0.2) is 51.6 Å². The fourth-order valence-electron chi connectivity index (χ4n) is 3.82. The summed E-state index contributed by atoms with van der Waals surface area (Å²) in [7, 11) is 0.800. The minimum absolute atomic E-state index is 0.0962. The Morgan fingerprint density at radius 3 is 2.22 bits per heavy atom. The average Bonchev–Trinajstić information content (AvgIpc) is 3.22. The van der Waals surface area contributed by atoms with Gasteiger partial charge < -0.3 is 19.5 Å². The van der Waals surface area contributed by atoms with E-state index in [9.17, 15) is 13.2 Å². The van der Waals surface area contributed by atoms with Crippen LogP contribution in [0.4, 0.5) is 5.69 Å². The number of fused-ring (bicyclic) bond motifs is 1. The van der Waals surface area contributed by atoms with Gasteiger partial charge in [0, 0.05) is 34.2 Å². The van der Waals surface area contributed by atoms with E-state index in [1.165, 1.54) is 32.7 Å². The Balaban J connectivity index is 1.86. The van der Waals surface area contributed by atoms with Gasteiger partial charge >= 0.3 is 0 Å². The molecule has 0 saturated heterocycles. The maximum absolute atomic E-state index is 13.3. The monoisotopic (exact) mass is 473 g/mol. The number of nitrogens with one attached hydrogen (secondary N) is 1. The van der Waals surface area contributed by atoms with E-state index in [2.05, 4.69) is 5.32 Å². The van der Waals surface area contributed by atoms with Gasteiger partial charge in [-0.25, -0.2) is 8.42 Å². The predicted octanol–water partition coefficient (Wildman–Crippen LogP) is 4.39. The van der Waals surface area contributed by atoms with E-state index in [1.807, 2.05) is 6.92 Å². The number of benzene rings is 2. The molecule has 0 radical (unpaired) electrons. The second-order valence-corrected chi connectivity index (χ2v) is 10.2. The second-order valence-electron chi connectivity index (χ2n) is 7.41. The highest BCUT2D eigenvalue weighted by Crippen LogP contribution is 2.49. The third-order valence-electron chi connectivity index (χ3n) is 5.49. The number of anilines is 1. The number of carbonyl (C=O) groups is 1. The molecule has 1 aliphatic heterocycles. The summed E-state index contributed by atoms with van der Waals surface area (Å²) in [6, 6.07) is 10.1. The van der Waals surface area contributed by atoms with Crippen LogP contribution in [-0.2, 0) is 14.6 Å². The van der Waals surface area contributed by atoms with Gasteiger partial charge in [0.15, 0.2) is 11.5 Å². The molecule has 0 bridgehead atoms. The molecule has 9 heteroatoms. The zero-order valence-electron chi connectivity index (χ0n) is 18.1. The molecule has 168 valence electrons. The number of carbonyl (C=O) groups excluding carboxylic acids is 1. The topological polar surface area (TPSA) is 90.9 Å². The first-order chi connectivity index (χ1) is 15.3. The van der Waals surface area contributed by atoms with Gasteiger partial charge in [-0.15, -0.1) is 11.3 Å². The molecule has 32 heavy (non-hydrogen) atoms. The van der Waals surface area contributed by atoms with Crippen molar-refractivity contribution in [3.05, 3.63) is 57.8 Å². The Morgan fingerprint density at radius 2 is 1.59 bits per heavy atom. The highest BCUT2D eigenvalue weighted by atomic mass is 32.2. The normalized spacial score (nSPS) is 15.6. The zero-order valence-corrected chi connectivity index (χ0v) is 19.7. The number of sulfone groups is 1. The van der Waals surface area contributed by atoms with Gasteiger partial charge in [0.25, 0.3) is 0 Å². The number of aryl methyl sites for hydroxylation is 1. The number of methoxy groups -OCH3 is 3. The maximum atomic E-state index is 13.3. The first kappa shape index (κ1) is 22.2. The van der Waals surface area contributed by atoms with E-state index in [0.29, 0.717) is 22.9 Å². The lowest BCUT2D eigenvalue weighted by Crippen LogP contribution is -2.23. The maximum Gasteiger partial charge on any atom is 0.225 e. The summed E-state index contributed by atoms with van der Waals surface area (Å²) in [5.41, 5.74) is 2.02. The van der Waals surface area contributed by atoms with Crippen LogP contribution >= 0.6 is 11.3 Å². The van der Waals surface area contributed by atoms with Gasteiger partial charge in [0.05, 0.1) is 31.9 Å². The Labute approximate surface area is 190 Å². The van der Waals surface area contributed by atoms with Crippen molar-refractivity contribution in [1.82, 2.24) is 0 Å². The SMILES string of the molecule is COc1cc(OC)c([C@H]2CC(=O)Nc3c(S(=O)(=O)c4ccc(C)cc4)csc32)cc1OC. The molecule has 1 amide bonds. The van der Waals surface area contributed by atoms with Crippen molar-refractivity contribution in [1.29, 1.82) is 0 Å². The van der Waals surface area contributed by atoms with Crippen molar-refractivity contribution in [3.63, 3.8) is 0 Å². The van der Waals surface area contributed by atoms with Crippen molar-refractivity contribution in [2.24, 2.45) is 0 Å². The van der Waals surface area contributed by atoms with E-state index in [0.717, 1.165) is 16.0 Å². The smallest absolute Gasteiger partial charge is 0.225 e. The Hall–Kier alpha value is -3.04. The molecule has 4 rings (SSSR count). The van der Waals surface area contributed by atoms with Crippen molar-refractivity contribution >= 4 is 32.8 Å². The molecule has 0 spiro atoms. The number of amides is 1. The Morgan fingerprint density at radius 1 is 0.969 bits per heavy atom. The average molecular weight is 474 g/mol. The first-order valence-electron chi connectivity index (χ1n) is 9.83. The van der Waals surface area contributed by atoms with Crippen LogP contribution in [0.25, 0.3) is 0 Å². The molecule has 1 N–H and O–H groups in total. The predicted molar refractivity (Wildman–Crippen MR) is 122 cm³/mol. The summed E-state index contributed by atoms with van der Waals surface area (Å²) in [5, 5.41) is 4.37. The van der Waals surface area contributed by atoms with Crippen LogP contribution in [0.3, 0.4) is 0 Å². The van der Waals surface area contributed by atoms with Crippen LogP contribution < -0.4 is 19.5 Å². The Kier molecular flexibility index (Phi) is 5.87. The first-order valence-corrected chi connectivity index (χ1v) is 12.2. The van der Waals surface area contributed by atoms with E-state index >= 15 is 0 Å². The summed E-state index contributed by atoms with van der Waals surface area (Å²) in [6.07, 6.45) is 0.156. The lowest BCUT2D eigenvalue weighted by Gasteiger charge is -2.26. The molecule has 1 aromatic heterocycles. The molecule has 0 fully saturated rings. The molecule has 2 heterocycles. The number of thiophene rings is 1. The fourth-order valence-corrected chi connectivity index (χ4v) is 6.72. The quantitative estimate of drug-likeness (QED) is 0.571. The fraction of sp³-hybridized carbons (Fsp3) is 0.261. The lowest BCUT2D eigenvalue weighted by atomic mass is 9.89. The molecule has 1 atom stereocenters. The summed E-state index contributed by atoms with van der Waals surface area (Å²) in [5.74, 6) is 0.880. The molecule has 2 aromatic carbocycles. The minimum atomic E-state index is -3.80. The van der Waals surface area contributed by atoms with Crippen molar-refractivity contribution in [2.75, 3.05) is 26.6 Å². The van der Waals surface area contributed by atoms with Gasteiger partial charge in [-0.1, -0.05) is 17.7 Å². The summed E-state index contributed by atoms with van der Waals surface area (Å²) in [6.45, 7) is 1.89. The second kappa shape index (κ2) is 8.48. The molecule has 0 saturated carbocycles. The molecule has 7 nitrogen and oxygen atoms in total. The van der Waals surface area contributed by atoms with Crippen LogP contribution in [0, 0.1) is 6.92 Å². The van der Waals surface area contributed by atoms with Crippen LogP contribution in [0.5, 0.6) is 17.2 Å². The lowest BCUT2D eigenvalue weighted by molar-refractivity contribution is -0.116. The van der Waals surface area contributed by atoms with Crippen molar-refractivity contribution in [3.8, 4) is 17.2 Å². The number of rotatable bonds is 6. The highest BCUT2D eigenvalue weighted by molar-refractivity contribution is 7.91. The van der Waals surface area contributed by atoms with Gasteiger partial charge in [0.1, 0.15) is 10.6 Å². The van der Waals surface area contributed by atoms with E-state index < -0.39 is 9.84 Å². The van der Waals surface area contributed by atoms with Crippen molar-refractivity contribution in [2.45, 2.75) is 29.1 Å².